The highest BCUT2D eigenvalue weighted by Crippen LogP contribution is 2.16. The fourth-order valence-electron chi connectivity index (χ4n) is 1.80. The molecule has 1 aromatic carbocycles. The number of benzene rings is 1. The molecule has 3 rings (SSSR count). The largest absolute Gasteiger partial charge is 0.360 e. The number of hydrogen-bond donors (Lipinski definition) is 3. The van der Waals surface area contributed by atoms with Gasteiger partial charge in [0.05, 0.1) is 5.69 Å². The molecule has 2 aromatic heterocycles. The lowest BCUT2D eigenvalue weighted by Gasteiger charge is -2.02. The number of amides is 1. The number of anilines is 1. The normalized spacial score (nSPS) is 10.4. The number of aromatic nitrogens is 3. The fraction of sp³-hybridized carbons (Fsp3) is 0. The summed E-state index contributed by atoms with van der Waals surface area (Å²) in [6.07, 6.45) is 1.78. The molecule has 0 saturated carbocycles. The third-order valence-corrected chi connectivity index (χ3v) is 2.80. The Kier molecular flexibility index (Phi) is 3.04. The van der Waals surface area contributed by atoms with Crippen LogP contribution >= 0.6 is 0 Å². The van der Waals surface area contributed by atoms with Crippen molar-refractivity contribution < 1.29 is 9.18 Å². The van der Waals surface area contributed by atoms with Crippen molar-refractivity contribution in [2.24, 2.45) is 0 Å². The number of nitrogens with one attached hydrogen (secondary N) is 3. The second-order valence-corrected chi connectivity index (χ2v) is 4.21. The van der Waals surface area contributed by atoms with Crippen molar-refractivity contribution in [3.8, 4) is 11.4 Å². The van der Waals surface area contributed by atoms with Crippen molar-refractivity contribution in [3.05, 3.63) is 60.2 Å². The van der Waals surface area contributed by atoms with E-state index in [4.69, 9.17) is 0 Å². The number of hydrogen-bond acceptors (Lipinski definition) is 2. The number of aromatic amines is 2. The number of H-pyrrole nitrogens is 2. The van der Waals surface area contributed by atoms with E-state index in [0.29, 0.717) is 17.1 Å². The number of nitrogens with zero attached hydrogens (tertiary/aromatic N) is 1. The van der Waals surface area contributed by atoms with Gasteiger partial charge in [0.25, 0.3) is 5.91 Å². The predicted molar refractivity (Wildman–Crippen MR) is 72.7 cm³/mol. The second kappa shape index (κ2) is 5.00. The van der Waals surface area contributed by atoms with Crippen LogP contribution in [-0.2, 0) is 0 Å². The first-order valence-electron chi connectivity index (χ1n) is 5.98. The Balaban J connectivity index is 1.76. The van der Waals surface area contributed by atoms with Crippen LogP contribution in [0.2, 0.25) is 0 Å². The summed E-state index contributed by atoms with van der Waals surface area (Å²) in [6.45, 7) is 0. The maximum atomic E-state index is 12.8. The van der Waals surface area contributed by atoms with Crippen molar-refractivity contribution in [2.75, 3.05) is 5.32 Å². The molecule has 0 spiro atoms. The molecule has 0 radical (unpaired) electrons. The SMILES string of the molecule is O=C(Nc1ccc(F)cc1)c1cc(-c2ccc[nH]2)n[nH]1. The molecule has 0 saturated heterocycles. The minimum Gasteiger partial charge on any atom is -0.360 e. The molecular weight excluding hydrogens is 259 g/mol. The Labute approximate surface area is 113 Å². The van der Waals surface area contributed by atoms with E-state index in [0.717, 1.165) is 5.69 Å². The predicted octanol–water partition coefficient (Wildman–Crippen LogP) is 2.80. The molecule has 0 aliphatic rings. The second-order valence-electron chi connectivity index (χ2n) is 4.21. The van der Waals surface area contributed by atoms with Crippen LogP contribution in [0.15, 0.2) is 48.7 Å². The summed E-state index contributed by atoms with van der Waals surface area (Å²) >= 11 is 0. The Morgan fingerprint density at radius 1 is 1.20 bits per heavy atom. The number of carbonyl (C=O) groups is 1. The molecule has 3 aromatic rings. The van der Waals surface area contributed by atoms with E-state index >= 15 is 0 Å². The first-order valence-corrected chi connectivity index (χ1v) is 5.98. The highest BCUT2D eigenvalue weighted by atomic mass is 19.1. The van der Waals surface area contributed by atoms with E-state index in [9.17, 15) is 9.18 Å². The van der Waals surface area contributed by atoms with Gasteiger partial charge in [-0.05, 0) is 42.5 Å². The molecule has 100 valence electrons. The standard InChI is InChI=1S/C14H11FN4O/c15-9-3-5-10(6-4-9)17-14(20)13-8-12(18-19-13)11-2-1-7-16-11/h1-8,16H,(H,17,20)(H,18,19). The van der Waals surface area contributed by atoms with Crippen LogP contribution in [0.25, 0.3) is 11.4 Å². The molecule has 0 atom stereocenters. The van der Waals surface area contributed by atoms with Gasteiger partial charge in [0.1, 0.15) is 17.2 Å². The Hall–Kier alpha value is -2.89. The van der Waals surface area contributed by atoms with Gasteiger partial charge < -0.3 is 10.3 Å². The van der Waals surface area contributed by atoms with Gasteiger partial charge >= 0.3 is 0 Å². The minimum absolute atomic E-state index is 0.332. The molecule has 3 N–H and O–H groups in total. The zero-order chi connectivity index (χ0) is 13.9. The summed E-state index contributed by atoms with van der Waals surface area (Å²) in [7, 11) is 0. The molecule has 1 amide bonds. The molecule has 6 heteroatoms. The fourth-order valence-corrected chi connectivity index (χ4v) is 1.80. The summed E-state index contributed by atoms with van der Waals surface area (Å²) in [5.41, 5.74) is 2.33. The Bertz CT molecular complexity index is 716. The molecule has 20 heavy (non-hydrogen) atoms. The van der Waals surface area contributed by atoms with Gasteiger partial charge in [0, 0.05) is 11.9 Å². The molecule has 0 unspecified atom stereocenters. The summed E-state index contributed by atoms with van der Waals surface area (Å²) in [6, 6.07) is 10.9. The van der Waals surface area contributed by atoms with Gasteiger partial charge in [0.15, 0.2) is 0 Å². The van der Waals surface area contributed by atoms with E-state index < -0.39 is 0 Å². The van der Waals surface area contributed by atoms with Crippen LogP contribution in [0.1, 0.15) is 10.5 Å². The van der Waals surface area contributed by atoms with E-state index in [1.54, 1.807) is 12.3 Å². The first kappa shape index (κ1) is 12.2. The summed E-state index contributed by atoms with van der Waals surface area (Å²) < 4.78 is 12.8. The van der Waals surface area contributed by atoms with Crippen LogP contribution in [0.4, 0.5) is 10.1 Å². The third-order valence-electron chi connectivity index (χ3n) is 2.80. The number of rotatable bonds is 3. The van der Waals surface area contributed by atoms with Crippen molar-refractivity contribution in [3.63, 3.8) is 0 Å². The third kappa shape index (κ3) is 2.44. The van der Waals surface area contributed by atoms with E-state index in [1.165, 1.54) is 24.3 Å². The molecule has 0 bridgehead atoms. The van der Waals surface area contributed by atoms with E-state index in [1.807, 2.05) is 12.1 Å². The maximum Gasteiger partial charge on any atom is 0.273 e. The van der Waals surface area contributed by atoms with Gasteiger partial charge in [-0.15, -0.1) is 0 Å². The van der Waals surface area contributed by atoms with Crippen LogP contribution in [0.5, 0.6) is 0 Å². The minimum atomic E-state index is -0.349. The smallest absolute Gasteiger partial charge is 0.273 e. The van der Waals surface area contributed by atoms with Gasteiger partial charge in [0.2, 0.25) is 0 Å². The number of halogens is 1. The molecule has 2 heterocycles. The van der Waals surface area contributed by atoms with Gasteiger partial charge in [-0.25, -0.2) is 4.39 Å². The van der Waals surface area contributed by atoms with Crippen molar-refractivity contribution >= 4 is 11.6 Å². The van der Waals surface area contributed by atoms with Gasteiger partial charge in [-0.1, -0.05) is 0 Å². The highest BCUT2D eigenvalue weighted by molar-refractivity contribution is 6.03. The van der Waals surface area contributed by atoms with Crippen molar-refractivity contribution in [1.29, 1.82) is 0 Å². The number of carbonyl (C=O) groups excluding carboxylic acids is 1. The molecule has 5 nitrogen and oxygen atoms in total. The zero-order valence-electron chi connectivity index (χ0n) is 10.4. The molecular formula is C14H11FN4O. The zero-order valence-corrected chi connectivity index (χ0v) is 10.4. The average molecular weight is 270 g/mol. The van der Waals surface area contributed by atoms with Crippen molar-refractivity contribution in [1.82, 2.24) is 15.2 Å². The summed E-state index contributed by atoms with van der Waals surface area (Å²) in [5, 5.41) is 9.38. The molecule has 0 aliphatic heterocycles. The van der Waals surface area contributed by atoms with Gasteiger partial charge in [-0.3, -0.25) is 9.89 Å². The van der Waals surface area contributed by atoms with Crippen LogP contribution in [0, 0.1) is 5.82 Å². The lowest BCUT2D eigenvalue weighted by atomic mass is 10.2. The monoisotopic (exact) mass is 270 g/mol. The maximum absolute atomic E-state index is 12.8. The Morgan fingerprint density at radius 3 is 2.70 bits per heavy atom. The molecule has 0 fully saturated rings. The summed E-state index contributed by atoms with van der Waals surface area (Å²) in [5.74, 6) is -0.680. The van der Waals surface area contributed by atoms with Crippen LogP contribution in [0.3, 0.4) is 0 Å². The average Bonchev–Trinajstić information content (AvgIpc) is 3.11. The lowest BCUT2D eigenvalue weighted by Crippen LogP contribution is -2.12. The quantitative estimate of drug-likeness (QED) is 0.684. The van der Waals surface area contributed by atoms with E-state index in [-0.39, 0.29) is 11.7 Å². The Morgan fingerprint density at radius 2 is 2.00 bits per heavy atom. The van der Waals surface area contributed by atoms with Crippen molar-refractivity contribution in [2.45, 2.75) is 0 Å². The highest BCUT2D eigenvalue weighted by Gasteiger charge is 2.11. The van der Waals surface area contributed by atoms with Gasteiger partial charge in [-0.2, -0.15) is 5.10 Å². The van der Waals surface area contributed by atoms with E-state index in [2.05, 4.69) is 20.5 Å². The first-order chi connectivity index (χ1) is 9.72. The summed E-state index contributed by atoms with van der Waals surface area (Å²) in [4.78, 5) is 15.0. The molecule has 0 aliphatic carbocycles. The lowest BCUT2D eigenvalue weighted by molar-refractivity contribution is 0.102. The topological polar surface area (TPSA) is 73.6 Å². The van der Waals surface area contributed by atoms with Crippen LogP contribution in [-0.4, -0.2) is 21.1 Å². The van der Waals surface area contributed by atoms with Crippen LogP contribution < -0.4 is 5.32 Å².